The minimum absolute atomic E-state index is 0.0990. The van der Waals surface area contributed by atoms with E-state index in [-0.39, 0.29) is 6.10 Å². The van der Waals surface area contributed by atoms with E-state index in [4.69, 9.17) is 4.74 Å². The third-order valence-corrected chi connectivity index (χ3v) is 2.77. The van der Waals surface area contributed by atoms with E-state index in [1.807, 2.05) is 40.5 Å². The summed E-state index contributed by atoms with van der Waals surface area (Å²) in [6, 6.07) is 9.88. The summed E-state index contributed by atoms with van der Waals surface area (Å²) in [5.74, 6) is -0.425. The summed E-state index contributed by atoms with van der Waals surface area (Å²) in [6.45, 7) is 0. The van der Waals surface area contributed by atoms with Gasteiger partial charge >= 0.3 is 5.97 Å². The molecule has 0 fully saturated rings. The zero-order chi connectivity index (χ0) is 13.2. The van der Waals surface area contributed by atoms with Gasteiger partial charge in [-0.05, 0) is 9.65 Å². The van der Waals surface area contributed by atoms with Gasteiger partial charge < -0.3 is 9.47 Å². The van der Waals surface area contributed by atoms with Gasteiger partial charge in [0, 0.05) is 6.42 Å². The SMILES string of the molecule is COC(=O)/C=C/OC(C/C=C/I)c1ccccc1. The summed E-state index contributed by atoms with van der Waals surface area (Å²) in [5, 5.41) is 0. The zero-order valence-corrected chi connectivity index (χ0v) is 12.2. The normalized spacial score (nSPS) is 12.8. The largest absolute Gasteiger partial charge is 0.493 e. The topological polar surface area (TPSA) is 35.5 Å². The lowest BCUT2D eigenvalue weighted by atomic mass is 10.1. The van der Waals surface area contributed by atoms with Crippen LogP contribution in [0.3, 0.4) is 0 Å². The van der Waals surface area contributed by atoms with Crippen molar-refractivity contribution in [3.63, 3.8) is 0 Å². The molecule has 0 aromatic heterocycles. The van der Waals surface area contributed by atoms with Gasteiger partial charge in [0.15, 0.2) is 0 Å². The smallest absolute Gasteiger partial charge is 0.333 e. The zero-order valence-electron chi connectivity index (χ0n) is 10.1. The second kappa shape index (κ2) is 8.74. The third-order valence-electron chi connectivity index (χ3n) is 2.26. The quantitative estimate of drug-likeness (QED) is 0.336. The first-order valence-corrected chi connectivity index (χ1v) is 6.72. The van der Waals surface area contributed by atoms with Gasteiger partial charge in [0.2, 0.25) is 0 Å². The van der Waals surface area contributed by atoms with Gasteiger partial charge in [-0.15, -0.1) is 0 Å². The molecule has 0 N–H and O–H groups in total. The van der Waals surface area contributed by atoms with Crippen molar-refractivity contribution < 1.29 is 14.3 Å². The summed E-state index contributed by atoms with van der Waals surface area (Å²) in [4.78, 5) is 10.9. The van der Waals surface area contributed by atoms with Crippen LogP contribution in [-0.2, 0) is 14.3 Å². The lowest BCUT2D eigenvalue weighted by Gasteiger charge is -2.15. The highest BCUT2D eigenvalue weighted by molar-refractivity contribution is 14.1. The van der Waals surface area contributed by atoms with E-state index in [0.717, 1.165) is 12.0 Å². The predicted octanol–water partition coefficient (Wildman–Crippen LogP) is 3.77. The maximum atomic E-state index is 10.9. The second-order valence-electron chi connectivity index (χ2n) is 3.46. The molecule has 0 bridgehead atoms. The lowest BCUT2D eigenvalue weighted by molar-refractivity contribution is -0.135. The molecule has 1 atom stereocenters. The summed E-state index contributed by atoms with van der Waals surface area (Å²) in [7, 11) is 1.33. The van der Waals surface area contributed by atoms with Gasteiger partial charge in [0.25, 0.3) is 0 Å². The van der Waals surface area contributed by atoms with Crippen LogP contribution in [-0.4, -0.2) is 13.1 Å². The molecule has 0 aliphatic carbocycles. The Bertz CT molecular complexity index is 412. The number of hydrogen-bond acceptors (Lipinski definition) is 3. The highest BCUT2D eigenvalue weighted by Crippen LogP contribution is 2.22. The van der Waals surface area contributed by atoms with Crippen LogP contribution < -0.4 is 0 Å². The number of halogens is 1. The second-order valence-corrected chi connectivity index (χ2v) is 4.18. The molecule has 0 saturated carbocycles. The van der Waals surface area contributed by atoms with Gasteiger partial charge in [-0.3, -0.25) is 0 Å². The van der Waals surface area contributed by atoms with Crippen LogP contribution in [0.1, 0.15) is 18.1 Å². The van der Waals surface area contributed by atoms with Crippen molar-refractivity contribution in [2.45, 2.75) is 12.5 Å². The number of rotatable bonds is 6. The molecule has 96 valence electrons. The number of benzene rings is 1. The van der Waals surface area contributed by atoms with Crippen LogP contribution in [0.2, 0.25) is 0 Å². The Balaban J connectivity index is 2.67. The summed E-state index contributed by atoms with van der Waals surface area (Å²) >= 11 is 2.17. The fourth-order valence-electron chi connectivity index (χ4n) is 1.37. The monoisotopic (exact) mass is 358 g/mol. The minimum Gasteiger partial charge on any atom is -0.493 e. The van der Waals surface area contributed by atoms with E-state index < -0.39 is 5.97 Å². The molecular formula is C14H15IO3. The number of esters is 1. The van der Waals surface area contributed by atoms with E-state index in [2.05, 4.69) is 27.3 Å². The first kappa shape index (κ1) is 14.8. The van der Waals surface area contributed by atoms with Crippen molar-refractivity contribution >= 4 is 28.6 Å². The predicted molar refractivity (Wildman–Crippen MR) is 79.2 cm³/mol. The lowest BCUT2D eigenvalue weighted by Crippen LogP contribution is -2.00. The van der Waals surface area contributed by atoms with Gasteiger partial charge in [0.05, 0.1) is 19.4 Å². The number of ether oxygens (including phenoxy) is 2. The maximum Gasteiger partial charge on any atom is 0.333 e. The highest BCUT2D eigenvalue weighted by Gasteiger charge is 2.08. The van der Waals surface area contributed by atoms with Crippen molar-refractivity contribution in [3.05, 3.63) is 58.4 Å². The van der Waals surface area contributed by atoms with Crippen LogP contribution >= 0.6 is 22.6 Å². The Morgan fingerprint density at radius 3 is 2.72 bits per heavy atom. The molecular weight excluding hydrogens is 343 g/mol. The fourth-order valence-corrected chi connectivity index (χ4v) is 1.66. The molecule has 0 heterocycles. The van der Waals surface area contributed by atoms with Crippen molar-refractivity contribution in [1.82, 2.24) is 0 Å². The van der Waals surface area contributed by atoms with E-state index in [1.54, 1.807) is 0 Å². The van der Waals surface area contributed by atoms with Crippen LogP contribution in [0.15, 0.2) is 52.8 Å². The molecule has 1 unspecified atom stereocenters. The van der Waals surface area contributed by atoms with Gasteiger partial charge in [-0.25, -0.2) is 4.79 Å². The molecule has 18 heavy (non-hydrogen) atoms. The molecule has 0 saturated heterocycles. The Hall–Kier alpha value is -1.30. The molecule has 0 aliphatic heterocycles. The average Bonchev–Trinajstić information content (AvgIpc) is 2.43. The summed E-state index contributed by atoms with van der Waals surface area (Å²) < 4.78 is 12.0. The van der Waals surface area contributed by atoms with Crippen LogP contribution in [0, 0.1) is 0 Å². The van der Waals surface area contributed by atoms with Crippen molar-refractivity contribution in [2.24, 2.45) is 0 Å². The average molecular weight is 358 g/mol. The molecule has 0 aliphatic rings. The molecule has 1 rings (SSSR count). The van der Waals surface area contributed by atoms with Crippen LogP contribution in [0.5, 0.6) is 0 Å². The summed E-state index contributed by atoms with van der Waals surface area (Å²) in [5.41, 5.74) is 1.07. The molecule has 0 spiro atoms. The highest BCUT2D eigenvalue weighted by atomic mass is 127. The number of carbonyl (C=O) groups excluding carboxylic acids is 1. The van der Waals surface area contributed by atoms with Crippen LogP contribution in [0.25, 0.3) is 0 Å². The van der Waals surface area contributed by atoms with Crippen LogP contribution in [0.4, 0.5) is 0 Å². The molecule has 1 aromatic rings. The van der Waals surface area contributed by atoms with E-state index in [0.29, 0.717) is 0 Å². The van der Waals surface area contributed by atoms with Gasteiger partial charge in [0.1, 0.15) is 6.10 Å². The molecule has 1 aromatic carbocycles. The van der Waals surface area contributed by atoms with Crippen molar-refractivity contribution in [2.75, 3.05) is 7.11 Å². The van der Waals surface area contributed by atoms with E-state index in [9.17, 15) is 4.79 Å². The first-order valence-electron chi connectivity index (χ1n) is 5.48. The Kier molecular flexibility index (Phi) is 7.17. The standard InChI is InChI=1S/C14H15IO3/c1-17-14(16)9-11-18-13(8-5-10-15)12-6-3-2-4-7-12/h2-7,9-11,13H,8H2,1H3/b10-5+,11-9+. The molecule has 4 heteroatoms. The maximum absolute atomic E-state index is 10.9. The van der Waals surface area contributed by atoms with E-state index in [1.165, 1.54) is 19.4 Å². The van der Waals surface area contributed by atoms with Crippen molar-refractivity contribution in [1.29, 1.82) is 0 Å². The molecule has 0 radical (unpaired) electrons. The fraction of sp³-hybridized carbons (Fsp3) is 0.214. The number of methoxy groups -OCH3 is 1. The minimum atomic E-state index is -0.425. The Morgan fingerprint density at radius 2 is 2.11 bits per heavy atom. The number of hydrogen-bond donors (Lipinski definition) is 0. The van der Waals surface area contributed by atoms with Gasteiger partial charge in [-0.2, -0.15) is 0 Å². The third kappa shape index (κ3) is 5.35. The van der Waals surface area contributed by atoms with Crippen molar-refractivity contribution in [3.8, 4) is 0 Å². The number of carbonyl (C=O) groups is 1. The Labute approximate surface area is 121 Å². The van der Waals surface area contributed by atoms with E-state index >= 15 is 0 Å². The Morgan fingerprint density at radius 1 is 1.39 bits per heavy atom. The first-order chi connectivity index (χ1) is 8.77. The molecule has 3 nitrogen and oxygen atoms in total. The molecule has 0 amide bonds. The van der Waals surface area contributed by atoms with Gasteiger partial charge in [-0.1, -0.05) is 59.0 Å². The summed E-state index contributed by atoms with van der Waals surface area (Å²) in [6.07, 6.45) is 5.31.